The zero-order valence-corrected chi connectivity index (χ0v) is 14.7. The van der Waals surface area contributed by atoms with Gasteiger partial charge in [-0.1, -0.05) is 0 Å². The van der Waals surface area contributed by atoms with Crippen molar-refractivity contribution >= 4 is 40.3 Å². The van der Waals surface area contributed by atoms with E-state index in [0.717, 1.165) is 16.4 Å². The number of aromatic nitrogens is 3. The van der Waals surface area contributed by atoms with E-state index in [4.69, 9.17) is 0 Å². The standard InChI is InChI=1S/C16H14FN5OS2/c17-11-3-4-22(8-11)14-2-1-10(5-18-14)16-19-7-13(25-16)15(23)21-12-6-20-24-9-12/h1-2,5-7,9,11H,3-4,8H2,(H,21,23)/t11-/m1/s1. The van der Waals surface area contributed by atoms with Crippen LogP contribution in [0.3, 0.4) is 0 Å². The van der Waals surface area contributed by atoms with E-state index in [-0.39, 0.29) is 5.91 Å². The van der Waals surface area contributed by atoms with Gasteiger partial charge in [0.25, 0.3) is 5.91 Å². The Morgan fingerprint density at radius 1 is 1.28 bits per heavy atom. The van der Waals surface area contributed by atoms with Crippen molar-refractivity contribution in [1.29, 1.82) is 0 Å². The number of hydrogen-bond acceptors (Lipinski definition) is 7. The summed E-state index contributed by atoms with van der Waals surface area (Å²) in [5.41, 5.74) is 1.51. The fourth-order valence-electron chi connectivity index (χ4n) is 2.60. The summed E-state index contributed by atoms with van der Waals surface area (Å²) in [6.07, 6.45) is 4.64. The van der Waals surface area contributed by atoms with E-state index in [0.29, 0.717) is 30.1 Å². The highest BCUT2D eigenvalue weighted by Crippen LogP contribution is 2.27. The van der Waals surface area contributed by atoms with E-state index >= 15 is 0 Å². The van der Waals surface area contributed by atoms with Crippen LogP contribution in [0.1, 0.15) is 16.1 Å². The Kier molecular flexibility index (Phi) is 4.41. The Bertz CT molecular complexity index is 865. The summed E-state index contributed by atoms with van der Waals surface area (Å²) < 4.78 is 17.2. The van der Waals surface area contributed by atoms with Crippen molar-refractivity contribution < 1.29 is 9.18 Å². The van der Waals surface area contributed by atoms with Crippen LogP contribution in [0.2, 0.25) is 0 Å². The lowest BCUT2D eigenvalue weighted by atomic mass is 10.3. The number of halogens is 1. The second-order valence-corrected chi connectivity index (χ2v) is 7.32. The van der Waals surface area contributed by atoms with Crippen LogP contribution in [0, 0.1) is 0 Å². The molecule has 0 bridgehead atoms. The minimum atomic E-state index is -0.778. The monoisotopic (exact) mass is 375 g/mol. The fraction of sp³-hybridized carbons (Fsp3) is 0.250. The first-order valence-electron chi connectivity index (χ1n) is 7.71. The predicted octanol–water partition coefficient (Wildman–Crippen LogP) is 3.46. The van der Waals surface area contributed by atoms with Gasteiger partial charge in [-0.25, -0.2) is 14.4 Å². The van der Waals surface area contributed by atoms with Gasteiger partial charge in [0.2, 0.25) is 0 Å². The minimum Gasteiger partial charge on any atom is -0.354 e. The summed E-state index contributed by atoms with van der Waals surface area (Å²) in [6, 6.07) is 3.77. The lowest BCUT2D eigenvalue weighted by molar-refractivity contribution is 0.103. The SMILES string of the molecule is O=C(Nc1cnsc1)c1cnc(-c2ccc(N3CC[C@@H](F)C3)nc2)s1. The van der Waals surface area contributed by atoms with Gasteiger partial charge < -0.3 is 10.2 Å². The van der Waals surface area contributed by atoms with Crippen molar-refractivity contribution in [3.63, 3.8) is 0 Å². The van der Waals surface area contributed by atoms with E-state index in [2.05, 4.69) is 19.7 Å². The van der Waals surface area contributed by atoms with Crippen LogP contribution in [0.4, 0.5) is 15.9 Å². The highest BCUT2D eigenvalue weighted by atomic mass is 32.1. The molecule has 1 aliphatic rings. The molecule has 1 saturated heterocycles. The number of carbonyl (C=O) groups is 1. The molecule has 1 atom stereocenters. The van der Waals surface area contributed by atoms with Gasteiger partial charge in [-0.15, -0.1) is 11.3 Å². The minimum absolute atomic E-state index is 0.209. The molecule has 1 N–H and O–H groups in total. The molecule has 4 rings (SSSR count). The number of anilines is 2. The number of thiazole rings is 1. The summed E-state index contributed by atoms with van der Waals surface area (Å²) in [5.74, 6) is 0.558. The molecule has 3 aromatic rings. The van der Waals surface area contributed by atoms with Crippen molar-refractivity contribution in [3.05, 3.63) is 41.0 Å². The molecule has 0 saturated carbocycles. The topological polar surface area (TPSA) is 71.0 Å². The summed E-state index contributed by atoms with van der Waals surface area (Å²) in [5, 5.41) is 5.26. The van der Waals surface area contributed by atoms with Crippen molar-refractivity contribution in [3.8, 4) is 10.6 Å². The molecular formula is C16H14FN5OS2. The van der Waals surface area contributed by atoms with E-state index in [1.165, 1.54) is 22.9 Å². The molecule has 6 nitrogen and oxygen atoms in total. The normalized spacial score (nSPS) is 17.0. The van der Waals surface area contributed by atoms with Gasteiger partial charge in [0, 0.05) is 23.7 Å². The Hall–Kier alpha value is -2.39. The summed E-state index contributed by atoms with van der Waals surface area (Å²) >= 11 is 2.58. The van der Waals surface area contributed by atoms with Gasteiger partial charge in [0.15, 0.2) is 0 Å². The van der Waals surface area contributed by atoms with Crippen LogP contribution in [-0.4, -0.2) is 39.5 Å². The molecule has 25 heavy (non-hydrogen) atoms. The summed E-state index contributed by atoms with van der Waals surface area (Å²) in [4.78, 5) is 23.4. The molecule has 3 aromatic heterocycles. The molecule has 0 aromatic carbocycles. The Balaban J connectivity index is 1.47. The predicted molar refractivity (Wildman–Crippen MR) is 97.1 cm³/mol. The Morgan fingerprint density at radius 2 is 2.20 bits per heavy atom. The van der Waals surface area contributed by atoms with E-state index in [9.17, 15) is 9.18 Å². The number of nitrogens with one attached hydrogen (secondary N) is 1. The number of rotatable bonds is 4. The Labute approximate surface area is 151 Å². The lowest BCUT2D eigenvalue weighted by Gasteiger charge is -2.15. The van der Waals surface area contributed by atoms with Crippen molar-refractivity contribution in [1.82, 2.24) is 14.3 Å². The van der Waals surface area contributed by atoms with E-state index in [1.54, 1.807) is 24.0 Å². The number of nitrogens with zero attached hydrogens (tertiary/aromatic N) is 4. The van der Waals surface area contributed by atoms with Gasteiger partial charge in [0.1, 0.15) is 21.9 Å². The molecule has 0 unspecified atom stereocenters. The third kappa shape index (κ3) is 3.52. The smallest absolute Gasteiger partial charge is 0.267 e. The first-order chi connectivity index (χ1) is 12.2. The summed E-state index contributed by atoms with van der Waals surface area (Å²) in [6.45, 7) is 1.08. The first-order valence-corrected chi connectivity index (χ1v) is 9.36. The van der Waals surface area contributed by atoms with Gasteiger partial charge in [-0.05, 0) is 30.1 Å². The zero-order chi connectivity index (χ0) is 17.2. The van der Waals surface area contributed by atoms with Crippen LogP contribution in [0.5, 0.6) is 0 Å². The van der Waals surface area contributed by atoms with Gasteiger partial charge in [0.05, 0.1) is 24.6 Å². The Morgan fingerprint density at radius 3 is 2.88 bits per heavy atom. The van der Waals surface area contributed by atoms with Crippen molar-refractivity contribution in [2.75, 3.05) is 23.3 Å². The third-order valence-corrected chi connectivity index (χ3v) is 5.50. The second kappa shape index (κ2) is 6.85. The van der Waals surface area contributed by atoms with Gasteiger partial charge in [-0.2, -0.15) is 4.37 Å². The number of amides is 1. The highest BCUT2D eigenvalue weighted by molar-refractivity contribution is 7.17. The average molecular weight is 375 g/mol. The molecule has 0 aliphatic carbocycles. The molecule has 0 spiro atoms. The largest absolute Gasteiger partial charge is 0.354 e. The van der Waals surface area contributed by atoms with Crippen molar-refractivity contribution in [2.45, 2.75) is 12.6 Å². The highest BCUT2D eigenvalue weighted by Gasteiger charge is 2.22. The van der Waals surface area contributed by atoms with Crippen LogP contribution in [0.15, 0.2) is 36.1 Å². The van der Waals surface area contributed by atoms with Gasteiger partial charge >= 0.3 is 0 Å². The maximum absolute atomic E-state index is 13.3. The van der Waals surface area contributed by atoms with Crippen molar-refractivity contribution in [2.24, 2.45) is 0 Å². The molecule has 1 amide bonds. The number of carbonyl (C=O) groups excluding carboxylic acids is 1. The average Bonchev–Trinajstić information content (AvgIpc) is 3.36. The molecule has 128 valence electrons. The summed E-state index contributed by atoms with van der Waals surface area (Å²) in [7, 11) is 0. The number of hydrogen-bond donors (Lipinski definition) is 1. The second-order valence-electron chi connectivity index (χ2n) is 5.63. The van der Waals surface area contributed by atoms with Gasteiger partial charge in [-0.3, -0.25) is 4.79 Å². The number of pyridine rings is 1. The molecule has 0 radical (unpaired) electrons. The third-order valence-electron chi connectivity index (χ3n) is 3.87. The van der Waals surface area contributed by atoms with E-state index in [1.807, 2.05) is 17.0 Å². The molecule has 4 heterocycles. The first kappa shape index (κ1) is 16.1. The van der Waals surface area contributed by atoms with Crippen LogP contribution < -0.4 is 10.2 Å². The molecule has 1 fully saturated rings. The quantitative estimate of drug-likeness (QED) is 0.756. The number of alkyl halides is 1. The maximum Gasteiger partial charge on any atom is 0.267 e. The molecular weight excluding hydrogens is 361 g/mol. The fourth-order valence-corrected chi connectivity index (χ4v) is 3.87. The lowest BCUT2D eigenvalue weighted by Crippen LogP contribution is -2.20. The zero-order valence-electron chi connectivity index (χ0n) is 13.1. The molecule has 1 aliphatic heterocycles. The van der Waals surface area contributed by atoms with E-state index < -0.39 is 6.17 Å². The van der Waals surface area contributed by atoms with Crippen LogP contribution in [0.25, 0.3) is 10.6 Å². The van der Waals surface area contributed by atoms with Crippen LogP contribution >= 0.6 is 22.9 Å². The molecule has 9 heteroatoms. The van der Waals surface area contributed by atoms with Crippen LogP contribution in [-0.2, 0) is 0 Å². The maximum atomic E-state index is 13.3.